The van der Waals surface area contributed by atoms with Crippen molar-refractivity contribution in [3.8, 4) is 17.2 Å². The fourth-order valence-corrected chi connectivity index (χ4v) is 3.55. The molecule has 1 N–H and O–H groups in total. The second-order valence-electron chi connectivity index (χ2n) is 5.93. The van der Waals surface area contributed by atoms with Gasteiger partial charge in [0.05, 0.1) is 17.1 Å². The van der Waals surface area contributed by atoms with E-state index in [2.05, 4.69) is 14.9 Å². The molecule has 2 aromatic carbocycles. The first-order valence-corrected chi connectivity index (χ1v) is 10.1. The number of hydrogen-bond donors (Lipinski definition) is 1. The fraction of sp³-hybridized carbons (Fsp3) is 0.263. The first-order valence-electron chi connectivity index (χ1n) is 8.62. The number of benzene rings is 2. The highest BCUT2D eigenvalue weighted by atomic mass is 32.2. The summed E-state index contributed by atoms with van der Waals surface area (Å²) in [4.78, 5) is 4.37. The summed E-state index contributed by atoms with van der Waals surface area (Å²) in [7, 11) is -3.78. The van der Waals surface area contributed by atoms with E-state index in [0.717, 1.165) is 5.56 Å². The number of aromatic nitrogens is 2. The van der Waals surface area contributed by atoms with Gasteiger partial charge in [-0.3, -0.25) is 4.72 Å². The van der Waals surface area contributed by atoms with Crippen molar-refractivity contribution in [3.63, 3.8) is 0 Å². The van der Waals surface area contributed by atoms with Crippen molar-refractivity contribution in [2.75, 3.05) is 11.3 Å². The fourth-order valence-electron chi connectivity index (χ4n) is 2.47. The molecule has 3 rings (SSSR count). The molecule has 0 radical (unpaired) electrons. The molecule has 0 saturated carbocycles. The molecule has 27 heavy (non-hydrogen) atoms. The summed E-state index contributed by atoms with van der Waals surface area (Å²) in [6.07, 6.45) is 0.612. The van der Waals surface area contributed by atoms with Crippen molar-refractivity contribution in [2.45, 2.75) is 32.1 Å². The largest absolute Gasteiger partial charge is 0.493 e. The minimum absolute atomic E-state index is 0.0813. The maximum atomic E-state index is 12.8. The zero-order chi connectivity index (χ0) is 19.4. The first-order chi connectivity index (χ1) is 12.9. The van der Waals surface area contributed by atoms with Crippen LogP contribution in [-0.4, -0.2) is 25.2 Å². The lowest BCUT2D eigenvalue weighted by Crippen LogP contribution is -2.13. The summed E-state index contributed by atoms with van der Waals surface area (Å²) in [5.41, 5.74) is 1.97. The Labute approximate surface area is 158 Å². The quantitative estimate of drug-likeness (QED) is 0.662. The topological polar surface area (TPSA) is 94.3 Å². The van der Waals surface area contributed by atoms with Crippen LogP contribution >= 0.6 is 0 Å². The van der Waals surface area contributed by atoms with Crippen LogP contribution in [-0.2, 0) is 16.4 Å². The Kier molecular flexibility index (Phi) is 5.46. The predicted molar refractivity (Wildman–Crippen MR) is 102 cm³/mol. The zero-order valence-corrected chi connectivity index (χ0v) is 16.2. The van der Waals surface area contributed by atoms with Crippen LogP contribution in [0.1, 0.15) is 25.2 Å². The van der Waals surface area contributed by atoms with Crippen LogP contribution in [0.25, 0.3) is 11.5 Å². The van der Waals surface area contributed by atoms with E-state index in [9.17, 15) is 8.42 Å². The Morgan fingerprint density at radius 1 is 1.11 bits per heavy atom. The maximum Gasteiger partial charge on any atom is 0.261 e. The van der Waals surface area contributed by atoms with Gasteiger partial charge < -0.3 is 9.26 Å². The monoisotopic (exact) mass is 387 g/mol. The van der Waals surface area contributed by atoms with Crippen LogP contribution in [0.3, 0.4) is 0 Å². The van der Waals surface area contributed by atoms with Crippen molar-refractivity contribution < 1.29 is 17.7 Å². The lowest BCUT2D eigenvalue weighted by atomic mass is 10.2. The van der Waals surface area contributed by atoms with E-state index in [1.165, 1.54) is 12.1 Å². The minimum Gasteiger partial charge on any atom is -0.493 e. The summed E-state index contributed by atoms with van der Waals surface area (Å²) in [6, 6.07) is 11.7. The van der Waals surface area contributed by atoms with Gasteiger partial charge in [-0.2, -0.15) is 4.98 Å². The van der Waals surface area contributed by atoms with Gasteiger partial charge in [0.25, 0.3) is 15.9 Å². The van der Waals surface area contributed by atoms with E-state index in [1.54, 1.807) is 18.2 Å². The lowest BCUT2D eigenvalue weighted by Gasteiger charge is -2.12. The normalized spacial score (nSPS) is 11.4. The van der Waals surface area contributed by atoms with Gasteiger partial charge in [0.1, 0.15) is 5.75 Å². The van der Waals surface area contributed by atoms with E-state index in [-0.39, 0.29) is 10.8 Å². The second kappa shape index (κ2) is 7.79. The van der Waals surface area contributed by atoms with Crippen molar-refractivity contribution in [1.82, 2.24) is 10.1 Å². The van der Waals surface area contributed by atoms with Gasteiger partial charge in [-0.15, -0.1) is 0 Å². The molecule has 1 heterocycles. The van der Waals surface area contributed by atoms with Gasteiger partial charge in [-0.1, -0.05) is 29.8 Å². The molecule has 0 aliphatic heterocycles. The van der Waals surface area contributed by atoms with Gasteiger partial charge in [0, 0.05) is 12.1 Å². The molecular formula is C19H21N3O4S. The Hall–Kier alpha value is -2.87. The number of aryl methyl sites for hydroxylation is 2. The molecule has 8 heteroatoms. The molecule has 0 aliphatic rings. The lowest BCUT2D eigenvalue weighted by molar-refractivity contribution is 0.339. The van der Waals surface area contributed by atoms with Crippen LogP contribution in [0.2, 0.25) is 0 Å². The molecule has 0 spiro atoms. The molecule has 7 nitrogen and oxygen atoms in total. The van der Waals surface area contributed by atoms with Gasteiger partial charge in [-0.05, 0) is 44.2 Å². The third-order valence-corrected chi connectivity index (χ3v) is 5.26. The molecule has 1 aromatic heterocycles. The molecular weight excluding hydrogens is 366 g/mol. The highest BCUT2D eigenvalue weighted by Gasteiger charge is 2.20. The number of hydrogen-bond acceptors (Lipinski definition) is 6. The number of sulfonamides is 1. The van der Waals surface area contributed by atoms with Crippen LogP contribution < -0.4 is 9.46 Å². The van der Waals surface area contributed by atoms with Crippen LogP contribution in [0, 0.1) is 6.92 Å². The molecule has 0 amide bonds. The highest BCUT2D eigenvalue weighted by Crippen LogP contribution is 2.32. The summed E-state index contributed by atoms with van der Waals surface area (Å²) in [6.45, 7) is 6.12. The summed E-state index contributed by atoms with van der Waals surface area (Å²) in [5.74, 6) is 1.25. The van der Waals surface area contributed by atoms with Crippen LogP contribution in [0.5, 0.6) is 5.75 Å². The number of ether oxygens (including phenoxy) is 1. The average Bonchev–Trinajstić information content (AvgIpc) is 3.13. The molecule has 0 bridgehead atoms. The van der Waals surface area contributed by atoms with Crippen molar-refractivity contribution in [3.05, 3.63) is 53.9 Å². The molecule has 0 saturated heterocycles. The first kappa shape index (κ1) is 18.9. The van der Waals surface area contributed by atoms with E-state index in [1.807, 2.05) is 32.9 Å². The molecule has 0 fully saturated rings. The smallest absolute Gasteiger partial charge is 0.261 e. The van der Waals surface area contributed by atoms with Gasteiger partial charge in [-0.25, -0.2) is 8.42 Å². The number of rotatable bonds is 7. The molecule has 0 aliphatic carbocycles. The Balaban J connectivity index is 2.00. The van der Waals surface area contributed by atoms with Crippen LogP contribution in [0.15, 0.2) is 51.9 Å². The third-order valence-electron chi connectivity index (χ3n) is 3.88. The summed E-state index contributed by atoms with van der Waals surface area (Å²) in [5, 5.41) is 3.87. The van der Waals surface area contributed by atoms with Gasteiger partial charge in [0.15, 0.2) is 5.82 Å². The van der Waals surface area contributed by atoms with E-state index < -0.39 is 10.0 Å². The number of nitrogens with zero attached hydrogens (tertiary/aromatic N) is 2. The van der Waals surface area contributed by atoms with Crippen molar-refractivity contribution >= 4 is 15.7 Å². The maximum absolute atomic E-state index is 12.8. The minimum atomic E-state index is -3.78. The second-order valence-corrected chi connectivity index (χ2v) is 7.61. The zero-order valence-electron chi connectivity index (χ0n) is 15.4. The average molecular weight is 387 g/mol. The molecule has 3 aromatic rings. The molecule has 142 valence electrons. The van der Waals surface area contributed by atoms with Gasteiger partial charge >= 0.3 is 0 Å². The summed E-state index contributed by atoms with van der Waals surface area (Å²) < 4.78 is 39.0. The van der Waals surface area contributed by atoms with E-state index in [4.69, 9.17) is 9.26 Å². The van der Waals surface area contributed by atoms with Crippen molar-refractivity contribution in [1.29, 1.82) is 0 Å². The standard InChI is InChI=1S/C19H21N3O4S/c1-4-18-20-19(26-21-18)16-12-15(10-11-17(16)25-5-2)27(23,24)22-14-8-6-13(3)7-9-14/h6-12,22H,4-5H2,1-3H3. The van der Waals surface area contributed by atoms with Gasteiger partial charge in [0.2, 0.25) is 0 Å². The SMILES string of the molecule is CCOc1ccc(S(=O)(=O)Nc2ccc(C)cc2)cc1-c1nc(CC)no1. The predicted octanol–water partition coefficient (Wildman–Crippen LogP) is 3.81. The number of anilines is 1. The summed E-state index contributed by atoms with van der Waals surface area (Å²) >= 11 is 0. The highest BCUT2D eigenvalue weighted by molar-refractivity contribution is 7.92. The third kappa shape index (κ3) is 4.28. The van der Waals surface area contributed by atoms with Crippen molar-refractivity contribution in [2.24, 2.45) is 0 Å². The van der Waals surface area contributed by atoms with E-state index in [0.29, 0.717) is 35.9 Å². The molecule has 0 atom stereocenters. The Morgan fingerprint density at radius 3 is 2.48 bits per heavy atom. The Bertz CT molecular complexity index is 1030. The number of nitrogens with one attached hydrogen (secondary N) is 1. The Morgan fingerprint density at radius 2 is 1.85 bits per heavy atom. The van der Waals surface area contributed by atoms with E-state index >= 15 is 0 Å². The van der Waals surface area contributed by atoms with Crippen LogP contribution in [0.4, 0.5) is 5.69 Å². The molecule has 0 unspecified atom stereocenters.